The number of amides is 2. The Morgan fingerprint density at radius 2 is 1.79 bits per heavy atom. The third-order valence-electron chi connectivity index (χ3n) is 5.51. The van der Waals surface area contributed by atoms with Gasteiger partial charge < -0.3 is 15.0 Å². The summed E-state index contributed by atoms with van der Waals surface area (Å²) in [5.41, 5.74) is 2.57. The number of rotatable bonds is 7. The Morgan fingerprint density at radius 1 is 1.07 bits per heavy atom. The summed E-state index contributed by atoms with van der Waals surface area (Å²) in [7, 11) is 0. The van der Waals surface area contributed by atoms with E-state index < -0.39 is 6.04 Å². The third-order valence-corrected chi connectivity index (χ3v) is 5.84. The van der Waals surface area contributed by atoms with Crippen molar-refractivity contribution in [3.8, 4) is 0 Å². The van der Waals surface area contributed by atoms with Crippen molar-refractivity contribution >= 4 is 23.4 Å². The second-order valence-corrected chi connectivity index (χ2v) is 8.12. The number of benzene rings is 2. The molecule has 4 rings (SSSR count). The quantitative estimate of drug-likeness (QED) is 0.708. The second kappa shape index (κ2) is 8.97. The molecule has 0 saturated heterocycles. The van der Waals surface area contributed by atoms with Gasteiger partial charge in [0.1, 0.15) is 6.04 Å². The van der Waals surface area contributed by atoms with Crippen molar-refractivity contribution in [2.75, 3.05) is 19.8 Å². The molecule has 1 unspecified atom stereocenters. The van der Waals surface area contributed by atoms with E-state index in [9.17, 15) is 9.59 Å². The predicted molar refractivity (Wildman–Crippen MR) is 112 cm³/mol. The predicted octanol–water partition coefficient (Wildman–Crippen LogP) is 3.45. The molecule has 1 aliphatic heterocycles. The van der Waals surface area contributed by atoms with E-state index in [1.165, 1.54) is 12.8 Å². The van der Waals surface area contributed by atoms with Gasteiger partial charge in [0.15, 0.2) is 0 Å². The standard InChI is InChI=1S/C23H25ClN2O3/c24-20-8-4-3-7-19(20)23(28)26-14-18-6-2-1-5-17(18)13-21(26)22(27)25-11-12-29-15-16-9-10-16/h1-8,16,21H,9-15H2,(H,25,27). The van der Waals surface area contributed by atoms with Crippen molar-refractivity contribution < 1.29 is 14.3 Å². The number of halogens is 1. The summed E-state index contributed by atoms with van der Waals surface area (Å²) in [6.07, 6.45) is 2.97. The zero-order valence-corrected chi connectivity index (χ0v) is 17.0. The van der Waals surface area contributed by atoms with Crippen LogP contribution in [0.15, 0.2) is 48.5 Å². The molecule has 29 heavy (non-hydrogen) atoms. The molecule has 1 aliphatic carbocycles. The van der Waals surface area contributed by atoms with Gasteiger partial charge in [0.25, 0.3) is 5.91 Å². The highest BCUT2D eigenvalue weighted by atomic mass is 35.5. The van der Waals surface area contributed by atoms with Gasteiger partial charge in [-0.05, 0) is 42.0 Å². The van der Waals surface area contributed by atoms with E-state index in [0.717, 1.165) is 17.7 Å². The first-order valence-corrected chi connectivity index (χ1v) is 10.5. The molecule has 1 N–H and O–H groups in total. The summed E-state index contributed by atoms with van der Waals surface area (Å²) in [6, 6.07) is 14.3. The van der Waals surface area contributed by atoms with Gasteiger partial charge in [-0.1, -0.05) is 48.0 Å². The number of hydrogen-bond acceptors (Lipinski definition) is 3. The summed E-state index contributed by atoms with van der Waals surface area (Å²) in [5.74, 6) is 0.314. The third kappa shape index (κ3) is 4.80. The normalized spacial score (nSPS) is 18.2. The largest absolute Gasteiger partial charge is 0.379 e. The number of carbonyl (C=O) groups is 2. The van der Waals surface area contributed by atoms with E-state index in [1.807, 2.05) is 24.3 Å². The zero-order chi connectivity index (χ0) is 20.2. The fourth-order valence-electron chi connectivity index (χ4n) is 3.66. The first kappa shape index (κ1) is 19.9. The van der Waals surface area contributed by atoms with E-state index in [0.29, 0.717) is 42.6 Å². The van der Waals surface area contributed by atoms with E-state index in [-0.39, 0.29) is 11.8 Å². The molecule has 152 valence electrons. The molecule has 1 atom stereocenters. The van der Waals surface area contributed by atoms with E-state index in [4.69, 9.17) is 16.3 Å². The Kier molecular flexibility index (Phi) is 6.16. The lowest BCUT2D eigenvalue weighted by Gasteiger charge is -2.36. The topological polar surface area (TPSA) is 58.6 Å². The Morgan fingerprint density at radius 3 is 2.55 bits per heavy atom. The number of nitrogens with one attached hydrogen (secondary N) is 1. The van der Waals surface area contributed by atoms with Gasteiger partial charge in [-0.25, -0.2) is 0 Å². The Hall–Kier alpha value is -2.37. The van der Waals surface area contributed by atoms with Crippen molar-refractivity contribution in [1.82, 2.24) is 10.2 Å². The maximum absolute atomic E-state index is 13.2. The van der Waals surface area contributed by atoms with Crippen LogP contribution in [-0.2, 0) is 22.5 Å². The number of hydrogen-bond donors (Lipinski definition) is 1. The highest BCUT2D eigenvalue weighted by Gasteiger charge is 2.35. The fraction of sp³-hybridized carbons (Fsp3) is 0.391. The second-order valence-electron chi connectivity index (χ2n) is 7.71. The molecule has 0 bridgehead atoms. The molecule has 0 aromatic heterocycles. The lowest BCUT2D eigenvalue weighted by Crippen LogP contribution is -2.53. The number of nitrogens with zero attached hydrogens (tertiary/aromatic N) is 1. The maximum Gasteiger partial charge on any atom is 0.256 e. The van der Waals surface area contributed by atoms with Crippen LogP contribution in [0.5, 0.6) is 0 Å². The maximum atomic E-state index is 13.2. The van der Waals surface area contributed by atoms with Crippen molar-refractivity contribution in [3.63, 3.8) is 0 Å². The molecule has 2 aromatic rings. The molecule has 5 nitrogen and oxygen atoms in total. The summed E-state index contributed by atoms with van der Waals surface area (Å²) >= 11 is 6.25. The van der Waals surface area contributed by atoms with Gasteiger partial charge in [0, 0.05) is 26.1 Å². The van der Waals surface area contributed by atoms with Crippen molar-refractivity contribution in [2.45, 2.75) is 31.8 Å². The molecule has 6 heteroatoms. The molecule has 2 aliphatic rings. The first-order chi connectivity index (χ1) is 14.1. The molecule has 1 heterocycles. The van der Waals surface area contributed by atoms with Gasteiger partial charge in [-0.3, -0.25) is 9.59 Å². The van der Waals surface area contributed by atoms with Crippen LogP contribution in [0.1, 0.15) is 34.3 Å². The molecule has 1 fully saturated rings. The van der Waals surface area contributed by atoms with Gasteiger partial charge in [0.05, 0.1) is 17.2 Å². The lowest BCUT2D eigenvalue weighted by molar-refractivity contribution is -0.126. The van der Waals surface area contributed by atoms with E-state index >= 15 is 0 Å². The molecule has 2 aromatic carbocycles. The minimum atomic E-state index is -0.572. The van der Waals surface area contributed by atoms with Crippen LogP contribution < -0.4 is 5.32 Å². The molecule has 0 radical (unpaired) electrons. The SMILES string of the molecule is O=C(NCCOCC1CC1)C1Cc2ccccc2CN1C(=O)c1ccccc1Cl. The van der Waals surface area contributed by atoms with Crippen molar-refractivity contribution in [3.05, 3.63) is 70.2 Å². The van der Waals surface area contributed by atoms with Crippen molar-refractivity contribution in [2.24, 2.45) is 5.92 Å². The van der Waals surface area contributed by atoms with Crippen LogP contribution in [0.4, 0.5) is 0 Å². The Labute approximate surface area is 176 Å². The monoisotopic (exact) mass is 412 g/mol. The van der Waals surface area contributed by atoms with E-state index in [1.54, 1.807) is 29.2 Å². The van der Waals surface area contributed by atoms with Crippen LogP contribution in [0.2, 0.25) is 5.02 Å². The lowest BCUT2D eigenvalue weighted by atomic mass is 9.92. The average Bonchev–Trinajstić information content (AvgIpc) is 3.56. The van der Waals surface area contributed by atoms with Crippen molar-refractivity contribution in [1.29, 1.82) is 0 Å². The van der Waals surface area contributed by atoms with Crippen LogP contribution >= 0.6 is 11.6 Å². The summed E-state index contributed by atoms with van der Waals surface area (Å²) in [4.78, 5) is 27.8. The van der Waals surface area contributed by atoms with Crippen LogP contribution in [0.25, 0.3) is 0 Å². The summed E-state index contributed by atoms with van der Waals surface area (Å²) in [6.45, 7) is 2.09. The summed E-state index contributed by atoms with van der Waals surface area (Å²) in [5, 5.41) is 3.33. The van der Waals surface area contributed by atoms with Crippen LogP contribution in [-0.4, -0.2) is 42.5 Å². The van der Waals surface area contributed by atoms with Gasteiger partial charge in [0.2, 0.25) is 5.91 Å². The number of carbonyl (C=O) groups excluding carboxylic acids is 2. The zero-order valence-electron chi connectivity index (χ0n) is 16.3. The van der Waals surface area contributed by atoms with Crippen LogP contribution in [0, 0.1) is 5.92 Å². The first-order valence-electron chi connectivity index (χ1n) is 10.1. The Balaban J connectivity index is 1.48. The highest BCUT2D eigenvalue weighted by molar-refractivity contribution is 6.33. The Bertz CT molecular complexity index is 897. The summed E-state index contributed by atoms with van der Waals surface area (Å²) < 4.78 is 5.60. The highest BCUT2D eigenvalue weighted by Crippen LogP contribution is 2.29. The fourth-order valence-corrected chi connectivity index (χ4v) is 3.88. The molecular formula is C23H25ClN2O3. The average molecular weight is 413 g/mol. The molecular weight excluding hydrogens is 388 g/mol. The van der Waals surface area contributed by atoms with Crippen LogP contribution in [0.3, 0.4) is 0 Å². The molecule has 2 amide bonds. The number of fused-ring (bicyclic) bond motifs is 1. The molecule has 1 saturated carbocycles. The van der Waals surface area contributed by atoms with Gasteiger partial charge >= 0.3 is 0 Å². The van der Waals surface area contributed by atoms with Gasteiger partial charge in [-0.2, -0.15) is 0 Å². The minimum absolute atomic E-state index is 0.157. The smallest absolute Gasteiger partial charge is 0.256 e. The minimum Gasteiger partial charge on any atom is -0.379 e. The van der Waals surface area contributed by atoms with Gasteiger partial charge in [-0.15, -0.1) is 0 Å². The number of ether oxygens (including phenoxy) is 1. The van der Waals surface area contributed by atoms with E-state index in [2.05, 4.69) is 5.32 Å². The molecule has 0 spiro atoms.